The molecule has 1 aliphatic heterocycles. The average molecular weight is 300 g/mol. The zero-order valence-electron chi connectivity index (χ0n) is 11.8. The molecule has 0 amide bonds. The van der Waals surface area contributed by atoms with Crippen LogP contribution < -0.4 is 14.8 Å². The highest BCUT2D eigenvalue weighted by atomic mass is 32.2. The van der Waals surface area contributed by atoms with E-state index in [1.807, 2.05) is 0 Å². The summed E-state index contributed by atoms with van der Waals surface area (Å²) in [6.45, 7) is 1.19. The van der Waals surface area contributed by atoms with Crippen LogP contribution >= 0.6 is 0 Å². The smallest absolute Gasteiger partial charge is 0.183 e. The van der Waals surface area contributed by atoms with Gasteiger partial charge in [-0.1, -0.05) is 0 Å². The van der Waals surface area contributed by atoms with Gasteiger partial charge in [0.05, 0.1) is 31.4 Å². The fourth-order valence-corrected chi connectivity index (χ4v) is 4.27. The molecule has 0 spiro atoms. The van der Waals surface area contributed by atoms with Crippen LogP contribution in [0.25, 0.3) is 0 Å². The van der Waals surface area contributed by atoms with Crippen molar-refractivity contribution in [1.82, 2.24) is 10.3 Å². The Kier molecular flexibility index (Phi) is 4.82. The summed E-state index contributed by atoms with van der Waals surface area (Å²) in [6, 6.07) is 1.74. The quantitative estimate of drug-likeness (QED) is 0.830. The second-order valence-electron chi connectivity index (χ2n) is 4.89. The highest BCUT2D eigenvalue weighted by molar-refractivity contribution is 7.91. The van der Waals surface area contributed by atoms with Crippen LogP contribution in [0.4, 0.5) is 0 Å². The van der Waals surface area contributed by atoms with E-state index in [-0.39, 0.29) is 11.7 Å². The van der Waals surface area contributed by atoms with Gasteiger partial charge in [0.1, 0.15) is 0 Å². The molecule has 6 nitrogen and oxygen atoms in total. The number of aromatic nitrogens is 1. The average Bonchev–Trinajstić information content (AvgIpc) is 2.77. The molecule has 2 heterocycles. The molecule has 0 bridgehead atoms. The van der Waals surface area contributed by atoms with Gasteiger partial charge in [-0.3, -0.25) is 4.98 Å². The van der Waals surface area contributed by atoms with Gasteiger partial charge in [0.2, 0.25) is 0 Å². The van der Waals surface area contributed by atoms with Crippen LogP contribution in [0.2, 0.25) is 0 Å². The van der Waals surface area contributed by atoms with Gasteiger partial charge < -0.3 is 14.8 Å². The summed E-state index contributed by atoms with van der Waals surface area (Å²) < 4.78 is 33.3. The molecule has 1 unspecified atom stereocenters. The standard InChI is InChI=1S/C13H20N2O4S/c1-18-12-3-5-15-11(13(12)19-2)8-14-7-10-4-6-20(16,17)9-10/h3,5,10,14H,4,6-9H2,1-2H3. The number of ether oxygens (including phenoxy) is 2. The lowest BCUT2D eigenvalue weighted by Gasteiger charge is -2.13. The van der Waals surface area contributed by atoms with E-state index in [1.165, 1.54) is 0 Å². The Morgan fingerprint density at radius 1 is 1.40 bits per heavy atom. The van der Waals surface area contributed by atoms with E-state index < -0.39 is 9.84 Å². The topological polar surface area (TPSA) is 77.5 Å². The summed E-state index contributed by atoms with van der Waals surface area (Å²) in [6.07, 6.45) is 2.40. The molecule has 0 aliphatic carbocycles. The predicted molar refractivity (Wildman–Crippen MR) is 75.8 cm³/mol. The summed E-state index contributed by atoms with van der Waals surface area (Å²) in [7, 11) is 0.343. The SMILES string of the molecule is COc1ccnc(CNCC2CCS(=O)(=O)C2)c1OC. The molecule has 1 N–H and O–H groups in total. The third-order valence-corrected chi connectivity index (χ3v) is 5.26. The van der Waals surface area contributed by atoms with Crippen molar-refractivity contribution in [2.45, 2.75) is 13.0 Å². The van der Waals surface area contributed by atoms with Gasteiger partial charge in [-0.05, 0) is 18.9 Å². The Labute approximate surface area is 119 Å². The maximum Gasteiger partial charge on any atom is 0.183 e. The maximum atomic E-state index is 11.4. The molecule has 1 saturated heterocycles. The lowest BCUT2D eigenvalue weighted by Crippen LogP contribution is -2.24. The minimum absolute atomic E-state index is 0.191. The van der Waals surface area contributed by atoms with Crippen molar-refractivity contribution < 1.29 is 17.9 Å². The summed E-state index contributed by atoms with van der Waals surface area (Å²) in [4.78, 5) is 4.27. The van der Waals surface area contributed by atoms with Crippen molar-refractivity contribution in [2.75, 3.05) is 32.3 Å². The Bertz CT molecular complexity index is 559. The van der Waals surface area contributed by atoms with Crippen LogP contribution in [-0.4, -0.2) is 45.7 Å². The highest BCUT2D eigenvalue weighted by Crippen LogP contribution is 2.28. The van der Waals surface area contributed by atoms with Crippen LogP contribution in [0.3, 0.4) is 0 Å². The van der Waals surface area contributed by atoms with E-state index in [2.05, 4.69) is 10.3 Å². The summed E-state index contributed by atoms with van der Waals surface area (Å²) in [5.74, 6) is 2.03. The van der Waals surface area contributed by atoms with Gasteiger partial charge in [0, 0.05) is 18.8 Å². The molecular weight excluding hydrogens is 280 g/mol. The van der Waals surface area contributed by atoms with E-state index in [0.29, 0.717) is 30.3 Å². The lowest BCUT2D eigenvalue weighted by molar-refractivity contribution is 0.347. The predicted octanol–water partition coefficient (Wildman–Crippen LogP) is 0.623. The first-order chi connectivity index (χ1) is 9.55. The largest absolute Gasteiger partial charge is 0.493 e. The van der Waals surface area contributed by atoms with Gasteiger partial charge >= 0.3 is 0 Å². The van der Waals surface area contributed by atoms with Crippen LogP contribution in [0.15, 0.2) is 12.3 Å². The van der Waals surface area contributed by atoms with Gasteiger partial charge in [-0.15, -0.1) is 0 Å². The molecule has 112 valence electrons. The number of nitrogens with one attached hydrogen (secondary N) is 1. The van der Waals surface area contributed by atoms with Crippen molar-refractivity contribution in [2.24, 2.45) is 5.92 Å². The lowest BCUT2D eigenvalue weighted by atomic mass is 10.1. The van der Waals surface area contributed by atoms with Gasteiger partial charge in [0.25, 0.3) is 0 Å². The van der Waals surface area contributed by atoms with Crippen molar-refractivity contribution in [3.8, 4) is 11.5 Å². The minimum Gasteiger partial charge on any atom is -0.493 e. The minimum atomic E-state index is -2.81. The molecular formula is C13H20N2O4S. The van der Waals surface area contributed by atoms with Crippen LogP contribution in [0.1, 0.15) is 12.1 Å². The summed E-state index contributed by atoms with van der Waals surface area (Å²) >= 11 is 0. The Morgan fingerprint density at radius 2 is 2.20 bits per heavy atom. The van der Waals surface area contributed by atoms with Crippen molar-refractivity contribution in [1.29, 1.82) is 0 Å². The monoisotopic (exact) mass is 300 g/mol. The van der Waals surface area contributed by atoms with E-state index in [4.69, 9.17) is 9.47 Å². The maximum absolute atomic E-state index is 11.4. The number of hydrogen-bond donors (Lipinski definition) is 1. The first kappa shape index (κ1) is 15.1. The molecule has 1 atom stereocenters. The summed E-state index contributed by atoms with van der Waals surface area (Å²) in [5.41, 5.74) is 0.757. The van der Waals surface area contributed by atoms with Crippen molar-refractivity contribution in [3.63, 3.8) is 0 Å². The molecule has 1 aromatic heterocycles. The molecule has 0 aromatic carbocycles. The molecule has 1 aromatic rings. The number of nitrogens with zero attached hydrogens (tertiary/aromatic N) is 1. The Balaban J connectivity index is 1.91. The normalized spacial score (nSPS) is 20.8. The van der Waals surface area contributed by atoms with Gasteiger partial charge in [0.15, 0.2) is 21.3 Å². The van der Waals surface area contributed by atoms with E-state index in [9.17, 15) is 8.42 Å². The fourth-order valence-electron chi connectivity index (χ4n) is 2.40. The number of rotatable bonds is 6. The second kappa shape index (κ2) is 6.41. The molecule has 0 radical (unpaired) electrons. The third kappa shape index (κ3) is 3.61. The number of pyridine rings is 1. The Morgan fingerprint density at radius 3 is 2.80 bits per heavy atom. The highest BCUT2D eigenvalue weighted by Gasteiger charge is 2.27. The number of methoxy groups -OCH3 is 2. The molecule has 20 heavy (non-hydrogen) atoms. The van der Waals surface area contributed by atoms with E-state index in [1.54, 1.807) is 26.5 Å². The summed E-state index contributed by atoms with van der Waals surface area (Å²) in [5, 5.41) is 3.24. The first-order valence-corrected chi connectivity index (χ1v) is 8.35. The number of hydrogen-bond acceptors (Lipinski definition) is 6. The molecule has 7 heteroatoms. The number of sulfone groups is 1. The van der Waals surface area contributed by atoms with Crippen molar-refractivity contribution in [3.05, 3.63) is 18.0 Å². The molecule has 1 fully saturated rings. The van der Waals surface area contributed by atoms with Crippen LogP contribution in [0.5, 0.6) is 11.5 Å². The zero-order chi connectivity index (χ0) is 14.6. The van der Waals surface area contributed by atoms with E-state index >= 15 is 0 Å². The Hall–Kier alpha value is -1.34. The fraction of sp³-hybridized carbons (Fsp3) is 0.615. The zero-order valence-corrected chi connectivity index (χ0v) is 12.6. The van der Waals surface area contributed by atoms with E-state index in [0.717, 1.165) is 12.1 Å². The first-order valence-electron chi connectivity index (χ1n) is 6.52. The third-order valence-electron chi connectivity index (χ3n) is 3.42. The van der Waals surface area contributed by atoms with Crippen molar-refractivity contribution >= 4 is 9.84 Å². The molecule has 1 aliphatic rings. The van der Waals surface area contributed by atoms with Gasteiger partial charge in [-0.25, -0.2) is 8.42 Å². The van der Waals surface area contributed by atoms with Crippen LogP contribution in [0, 0.1) is 5.92 Å². The van der Waals surface area contributed by atoms with Crippen LogP contribution in [-0.2, 0) is 16.4 Å². The van der Waals surface area contributed by atoms with Gasteiger partial charge in [-0.2, -0.15) is 0 Å². The molecule has 0 saturated carbocycles. The molecule has 2 rings (SSSR count). The second-order valence-corrected chi connectivity index (χ2v) is 7.12.